The molecule has 1 heterocycles. The highest BCUT2D eigenvalue weighted by Gasteiger charge is 2.17. The summed E-state index contributed by atoms with van der Waals surface area (Å²) in [5.74, 6) is -0.496. The third-order valence-corrected chi connectivity index (χ3v) is 4.55. The maximum absolute atomic E-state index is 12.0. The molecule has 134 valence electrons. The summed E-state index contributed by atoms with van der Waals surface area (Å²) in [6.45, 7) is 7.71. The van der Waals surface area contributed by atoms with Gasteiger partial charge in [-0.3, -0.25) is 9.36 Å². The van der Waals surface area contributed by atoms with Gasteiger partial charge in [0.2, 0.25) is 5.91 Å². The van der Waals surface area contributed by atoms with Gasteiger partial charge in [0.15, 0.2) is 5.16 Å². The summed E-state index contributed by atoms with van der Waals surface area (Å²) in [6, 6.07) is 5.55. The van der Waals surface area contributed by atoms with Crippen molar-refractivity contribution < 1.29 is 14.3 Å². The third-order valence-electron chi connectivity index (χ3n) is 3.58. The van der Waals surface area contributed by atoms with Crippen LogP contribution in [0.3, 0.4) is 0 Å². The van der Waals surface area contributed by atoms with Crippen molar-refractivity contribution in [3.63, 3.8) is 0 Å². The average Bonchev–Trinajstić information content (AvgIpc) is 3.03. The number of benzene rings is 1. The molecule has 1 unspecified atom stereocenters. The molecule has 1 aromatic carbocycles. The number of aromatic nitrogens is 2. The number of imidazole rings is 1. The van der Waals surface area contributed by atoms with Crippen LogP contribution in [0.25, 0.3) is 5.69 Å². The van der Waals surface area contributed by atoms with Crippen LogP contribution in [0.1, 0.15) is 25.0 Å². The lowest BCUT2D eigenvalue weighted by molar-refractivity contribution is -0.146. The van der Waals surface area contributed by atoms with Gasteiger partial charge < -0.3 is 10.1 Å². The molecule has 0 aliphatic rings. The Kier molecular flexibility index (Phi) is 6.64. The van der Waals surface area contributed by atoms with E-state index in [1.54, 1.807) is 20.0 Å². The summed E-state index contributed by atoms with van der Waals surface area (Å²) in [5.41, 5.74) is 3.33. The lowest BCUT2D eigenvalue weighted by Gasteiger charge is -2.13. The molecule has 0 radical (unpaired) electrons. The monoisotopic (exact) mass is 361 g/mol. The summed E-state index contributed by atoms with van der Waals surface area (Å²) in [6.07, 6.45) is 3.59. The van der Waals surface area contributed by atoms with Gasteiger partial charge in [0, 0.05) is 12.4 Å². The van der Waals surface area contributed by atoms with Crippen molar-refractivity contribution in [2.24, 2.45) is 0 Å². The van der Waals surface area contributed by atoms with Crippen molar-refractivity contribution in [3.8, 4) is 5.69 Å². The van der Waals surface area contributed by atoms with Crippen molar-refractivity contribution in [2.45, 2.75) is 38.9 Å². The van der Waals surface area contributed by atoms with E-state index in [1.807, 2.05) is 24.6 Å². The number of nitrogens with zero attached hydrogens (tertiary/aromatic N) is 2. The Morgan fingerprint density at radius 1 is 1.36 bits per heavy atom. The van der Waals surface area contributed by atoms with E-state index in [9.17, 15) is 9.59 Å². The largest absolute Gasteiger partial charge is 0.464 e. The molecule has 1 N–H and O–H groups in total. The van der Waals surface area contributed by atoms with Crippen LogP contribution in [0.2, 0.25) is 0 Å². The molecular formula is C18H23N3O3S. The number of rotatable bonds is 7. The highest BCUT2D eigenvalue weighted by atomic mass is 32.2. The number of amides is 1. The summed E-state index contributed by atoms with van der Waals surface area (Å²) >= 11 is 1.33. The number of carbonyl (C=O) groups excluding carboxylic acids is 2. The first-order valence-corrected chi connectivity index (χ1v) is 9.10. The molecule has 0 bridgehead atoms. The van der Waals surface area contributed by atoms with Gasteiger partial charge in [-0.25, -0.2) is 9.78 Å². The fourth-order valence-corrected chi connectivity index (χ4v) is 3.08. The molecule has 2 rings (SSSR count). The lowest BCUT2D eigenvalue weighted by Crippen LogP contribution is -2.40. The van der Waals surface area contributed by atoms with Crippen molar-refractivity contribution in [1.29, 1.82) is 0 Å². The topological polar surface area (TPSA) is 73.2 Å². The number of nitrogens with one attached hydrogen (secondary N) is 1. The molecule has 0 saturated carbocycles. The molecule has 6 nitrogen and oxygen atoms in total. The minimum atomic E-state index is -0.660. The predicted molar refractivity (Wildman–Crippen MR) is 98.0 cm³/mol. The van der Waals surface area contributed by atoms with Gasteiger partial charge in [-0.2, -0.15) is 0 Å². The molecule has 0 saturated heterocycles. The normalized spacial score (nSPS) is 11.8. The van der Waals surface area contributed by atoms with Crippen molar-refractivity contribution in [3.05, 3.63) is 41.7 Å². The van der Waals surface area contributed by atoms with Crippen LogP contribution in [-0.4, -0.2) is 39.8 Å². The number of ether oxygens (including phenoxy) is 1. The summed E-state index contributed by atoms with van der Waals surface area (Å²) in [7, 11) is 0. The molecule has 25 heavy (non-hydrogen) atoms. The van der Waals surface area contributed by atoms with Gasteiger partial charge in [-0.15, -0.1) is 0 Å². The van der Waals surface area contributed by atoms with Gasteiger partial charge >= 0.3 is 5.97 Å². The SMILES string of the molecule is CCOC(=O)C(C)NC(=O)CSc1nccn1-c1cc(C)ccc1C. The molecule has 0 aliphatic carbocycles. The Labute approximate surface area is 152 Å². The van der Waals surface area contributed by atoms with E-state index in [1.165, 1.54) is 11.8 Å². The lowest BCUT2D eigenvalue weighted by atomic mass is 10.1. The second-order valence-corrected chi connectivity index (χ2v) is 6.64. The molecular weight excluding hydrogens is 338 g/mol. The van der Waals surface area contributed by atoms with Crippen LogP contribution in [-0.2, 0) is 14.3 Å². The summed E-state index contributed by atoms with van der Waals surface area (Å²) in [4.78, 5) is 27.9. The third kappa shape index (κ3) is 5.09. The molecule has 2 aromatic rings. The number of aryl methyl sites for hydroxylation is 2. The fraction of sp³-hybridized carbons (Fsp3) is 0.389. The Hall–Kier alpha value is -2.28. The number of hydrogen-bond donors (Lipinski definition) is 1. The van der Waals surface area contributed by atoms with E-state index in [0.717, 1.165) is 22.0 Å². The second kappa shape index (κ2) is 8.71. The van der Waals surface area contributed by atoms with Crippen LogP contribution < -0.4 is 5.32 Å². The van der Waals surface area contributed by atoms with Crippen molar-refractivity contribution >= 4 is 23.6 Å². The van der Waals surface area contributed by atoms with E-state index >= 15 is 0 Å². The smallest absolute Gasteiger partial charge is 0.328 e. The number of esters is 1. The van der Waals surface area contributed by atoms with Crippen molar-refractivity contribution in [2.75, 3.05) is 12.4 Å². The molecule has 0 aliphatic heterocycles. The number of thioether (sulfide) groups is 1. The van der Waals surface area contributed by atoms with E-state index in [2.05, 4.69) is 28.5 Å². The Balaban J connectivity index is 2.01. The van der Waals surface area contributed by atoms with Gasteiger partial charge in [0.05, 0.1) is 18.0 Å². The van der Waals surface area contributed by atoms with Gasteiger partial charge in [-0.05, 0) is 44.9 Å². The predicted octanol–water partition coefficient (Wildman–Crippen LogP) is 2.65. The van der Waals surface area contributed by atoms with Crippen molar-refractivity contribution in [1.82, 2.24) is 14.9 Å². The molecule has 7 heteroatoms. The molecule has 1 atom stereocenters. The van der Waals surface area contributed by atoms with Gasteiger partial charge in [0.1, 0.15) is 6.04 Å². The molecule has 1 aromatic heterocycles. The van der Waals surface area contributed by atoms with Crippen LogP contribution in [0.15, 0.2) is 35.7 Å². The average molecular weight is 361 g/mol. The first-order valence-electron chi connectivity index (χ1n) is 8.12. The zero-order valence-electron chi connectivity index (χ0n) is 14.9. The quantitative estimate of drug-likeness (QED) is 0.606. The van der Waals surface area contributed by atoms with E-state index in [4.69, 9.17) is 4.74 Å². The van der Waals surface area contributed by atoms with E-state index < -0.39 is 12.0 Å². The van der Waals surface area contributed by atoms with Crippen LogP contribution in [0.5, 0.6) is 0 Å². The Morgan fingerprint density at radius 3 is 2.84 bits per heavy atom. The number of carbonyl (C=O) groups is 2. The second-order valence-electron chi connectivity index (χ2n) is 5.70. The molecule has 0 spiro atoms. The number of hydrogen-bond acceptors (Lipinski definition) is 5. The standard InChI is InChI=1S/C18H23N3O3S/c1-5-24-17(23)14(4)20-16(22)11-25-18-19-8-9-21(18)15-10-12(2)6-7-13(15)3/h6-10,14H,5,11H2,1-4H3,(H,20,22). The maximum atomic E-state index is 12.0. The van der Waals surface area contributed by atoms with E-state index in [-0.39, 0.29) is 11.7 Å². The molecule has 0 fully saturated rings. The van der Waals surface area contributed by atoms with Gasteiger partial charge in [-0.1, -0.05) is 23.9 Å². The minimum absolute atomic E-state index is 0.172. The van der Waals surface area contributed by atoms with Crippen LogP contribution in [0, 0.1) is 13.8 Å². The summed E-state index contributed by atoms with van der Waals surface area (Å²) in [5, 5.41) is 3.36. The zero-order chi connectivity index (χ0) is 18.4. The maximum Gasteiger partial charge on any atom is 0.328 e. The van der Waals surface area contributed by atoms with Crippen LogP contribution >= 0.6 is 11.8 Å². The zero-order valence-corrected chi connectivity index (χ0v) is 15.7. The highest BCUT2D eigenvalue weighted by molar-refractivity contribution is 7.99. The van der Waals surface area contributed by atoms with E-state index in [0.29, 0.717) is 6.61 Å². The minimum Gasteiger partial charge on any atom is -0.464 e. The molecule has 1 amide bonds. The Bertz CT molecular complexity index is 758. The van der Waals surface area contributed by atoms with Crippen LogP contribution in [0.4, 0.5) is 0 Å². The highest BCUT2D eigenvalue weighted by Crippen LogP contribution is 2.23. The fourth-order valence-electron chi connectivity index (χ4n) is 2.30. The first-order chi connectivity index (χ1) is 11.9. The first kappa shape index (κ1) is 19.1. The van der Waals surface area contributed by atoms with Gasteiger partial charge in [0.25, 0.3) is 0 Å². The Morgan fingerprint density at radius 2 is 2.12 bits per heavy atom. The summed E-state index contributed by atoms with van der Waals surface area (Å²) < 4.78 is 6.85.